The van der Waals surface area contributed by atoms with Gasteiger partial charge in [-0.1, -0.05) is 15.9 Å². The fraction of sp³-hybridized carbons (Fsp3) is 0.286. The van der Waals surface area contributed by atoms with E-state index in [9.17, 15) is 4.79 Å². The first-order valence-corrected chi connectivity index (χ1v) is 6.90. The van der Waals surface area contributed by atoms with Crippen molar-refractivity contribution in [1.82, 2.24) is 9.78 Å². The van der Waals surface area contributed by atoms with E-state index in [-0.39, 0.29) is 12.2 Å². The van der Waals surface area contributed by atoms with Gasteiger partial charge in [0.25, 0.3) is 0 Å². The van der Waals surface area contributed by atoms with Gasteiger partial charge >= 0.3 is 0 Å². The van der Waals surface area contributed by atoms with Crippen molar-refractivity contribution in [2.75, 3.05) is 7.11 Å². The summed E-state index contributed by atoms with van der Waals surface area (Å²) in [7, 11) is 3.38. The van der Waals surface area contributed by atoms with Crippen molar-refractivity contribution >= 4 is 21.7 Å². The molecule has 0 aliphatic heterocycles. The monoisotopic (exact) mass is 337 g/mol. The number of aryl methyl sites for hydroxylation is 1. The van der Waals surface area contributed by atoms with Crippen LogP contribution in [0.4, 0.5) is 0 Å². The van der Waals surface area contributed by atoms with Crippen LogP contribution in [-0.2, 0) is 18.3 Å². The average molecular weight is 338 g/mol. The van der Waals surface area contributed by atoms with Crippen LogP contribution in [0.25, 0.3) is 0 Å². The Morgan fingerprint density at radius 2 is 2.30 bits per heavy atom. The molecule has 0 aliphatic carbocycles. The molecule has 20 heavy (non-hydrogen) atoms. The van der Waals surface area contributed by atoms with Crippen LogP contribution in [0.5, 0.6) is 5.75 Å². The van der Waals surface area contributed by atoms with Gasteiger partial charge in [-0.15, -0.1) is 0 Å². The van der Waals surface area contributed by atoms with E-state index in [0.29, 0.717) is 5.75 Å². The standard InChI is InChI=1S/C14H16BrN3O2/c1-18-8-10(7-17-18)14(16)13(19)6-9-5-11(20-2)3-4-12(9)15/h3-5,7-8,14H,6,16H2,1-2H3. The maximum Gasteiger partial charge on any atom is 0.158 e. The van der Waals surface area contributed by atoms with Crippen LogP contribution in [0, 0.1) is 0 Å². The molecule has 1 aromatic carbocycles. The predicted molar refractivity (Wildman–Crippen MR) is 79.5 cm³/mol. The van der Waals surface area contributed by atoms with Gasteiger partial charge in [-0.3, -0.25) is 9.48 Å². The molecule has 0 saturated heterocycles. The number of hydrogen-bond acceptors (Lipinski definition) is 4. The molecule has 0 fully saturated rings. The van der Waals surface area contributed by atoms with Gasteiger partial charge in [0, 0.05) is 29.7 Å². The first-order valence-electron chi connectivity index (χ1n) is 6.10. The second-order valence-corrected chi connectivity index (χ2v) is 5.38. The summed E-state index contributed by atoms with van der Waals surface area (Å²) >= 11 is 3.43. The third kappa shape index (κ3) is 3.26. The molecule has 0 spiro atoms. The van der Waals surface area contributed by atoms with E-state index in [0.717, 1.165) is 15.6 Å². The van der Waals surface area contributed by atoms with Crippen LogP contribution in [0.15, 0.2) is 35.1 Å². The molecule has 1 heterocycles. The Hall–Kier alpha value is -1.66. The Bertz CT molecular complexity index is 625. The number of carbonyl (C=O) groups is 1. The molecular weight excluding hydrogens is 322 g/mol. The molecular formula is C14H16BrN3O2. The van der Waals surface area contributed by atoms with Gasteiger partial charge in [0.15, 0.2) is 5.78 Å². The normalized spacial score (nSPS) is 12.2. The highest BCUT2D eigenvalue weighted by molar-refractivity contribution is 9.10. The number of ketones is 1. The Balaban J connectivity index is 2.15. The predicted octanol–water partition coefficient (Wildman–Crippen LogP) is 2.00. The summed E-state index contributed by atoms with van der Waals surface area (Å²) in [5, 5.41) is 4.03. The largest absolute Gasteiger partial charge is 0.497 e. The molecule has 0 bridgehead atoms. The highest BCUT2D eigenvalue weighted by Crippen LogP contribution is 2.24. The summed E-state index contributed by atoms with van der Waals surface area (Å²) in [5.41, 5.74) is 7.55. The van der Waals surface area contributed by atoms with E-state index in [2.05, 4.69) is 21.0 Å². The molecule has 106 valence electrons. The van der Waals surface area contributed by atoms with Gasteiger partial charge in [-0.05, 0) is 23.8 Å². The number of hydrogen-bond donors (Lipinski definition) is 1. The number of nitrogens with two attached hydrogens (primary N) is 1. The molecule has 0 saturated carbocycles. The SMILES string of the molecule is COc1ccc(Br)c(CC(=O)C(N)c2cnn(C)c2)c1. The van der Waals surface area contributed by atoms with Gasteiger partial charge in [0.05, 0.1) is 19.3 Å². The third-order valence-electron chi connectivity index (χ3n) is 3.05. The smallest absolute Gasteiger partial charge is 0.158 e. The summed E-state index contributed by atoms with van der Waals surface area (Å²) in [4.78, 5) is 12.3. The summed E-state index contributed by atoms with van der Waals surface area (Å²) < 4.78 is 7.66. The fourth-order valence-electron chi connectivity index (χ4n) is 1.90. The van der Waals surface area contributed by atoms with Crippen LogP contribution in [-0.4, -0.2) is 22.7 Å². The molecule has 1 aromatic heterocycles. The first kappa shape index (κ1) is 14.7. The van der Waals surface area contributed by atoms with Gasteiger partial charge in [0.2, 0.25) is 0 Å². The van der Waals surface area contributed by atoms with Crippen molar-refractivity contribution in [1.29, 1.82) is 0 Å². The molecule has 6 heteroatoms. The van der Waals surface area contributed by atoms with E-state index < -0.39 is 6.04 Å². The molecule has 2 aromatic rings. The minimum Gasteiger partial charge on any atom is -0.497 e. The number of carbonyl (C=O) groups excluding carboxylic acids is 1. The average Bonchev–Trinajstić information content (AvgIpc) is 2.87. The van der Waals surface area contributed by atoms with Crippen molar-refractivity contribution in [3.05, 3.63) is 46.2 Å². The highest BCUT2D eigenvalue weighted by Gasteiger charge is 2.18. The maximum absolute atomic E-state index is 12.3. The van der Waals surface area contributed by atoms with Crippen LogP contribution in [0.3, 0.4) is 0 Å². The number of benzene rings is 1. The quantitative estimate of drug-likeness (QED) is 0.905. The minimum absolute atomic E-state index is 0.0630. The number of rotatable bonds is 5. The Morgan fingerprint density at radius 3 is 2.90 bits per heavy atom. The molecule has 5 nitrogen and oxygen atoms in total. The fourth-order valence-corrected chi connectivity index (χ4v) is 2.28. The lowest BCUT2D eigenvalue weighted by Gasteiger charge is -2.10. The van der Waals surface area contributed by atoms with Crippen LogP contribution >= 0.6 is 15.9 Å². The van der Waals surface area contributed by atoms with Gasteiger partial charge in [-0.2, -0.15) is 5.10 Å². The molecule has 1 unspecified atom stereocenters. The van der Waals surface area contributed by atoms with Crippen molar-refractivity contribution in [2.24, 2.45) is 12.8 Å². The summed E-state index contributed by atoms with van der Waals surface area (Å²) in [6.45, 7) is 0. The Labute approximate surface area is 125 Å². The van der Waals surface area contributed by atoms with Crippen molar-refractivity contribution in [2.45, 2.75) is 12.5 Å². The number of Topliss-reactive ketones (excluding diaryl/α,β-unsaturated/α-hetero) is 1. The number of halogens is 1. The zero-order chi connectivity index (χ0) is 14.7. The van der Waals surface area contributed by atoms with Crippen molar-refractivity contribution in [3.8, 4) is 5.75 Å². The lowest BCUT2D eigenvalue weighted by Crippen LogP contribution is -2.22. The summed E-state index contributed by atoms with van der Waals surface area (Å²) in [6, 6.07) is 4.86. The summed E-state index contributed by atoms with van der Waals surface area (Å²) in [5.74, 6) is 0.651. The number of methoxy groups -OCH3 is 1. The minimum atomic E-state index is -0.665. The number of aromatic nitrogens is 2. The number of nitrogens with zero attached hydrogens (tertiary/aromatic N) is 2. The first-order chi connectivity index (χ1) is 9.51. The van der Waals surface area contributed by atoms with Crippen LogP contribution in [0.2, 0.25) is 0 Å². The molecule has 0 radical (unpaired) electrons. The highest BCUT2D eigenvalue weighted by atomic mass is 79.9. The molecule has 0 amide bonds. The van der Waals surface area contributed by atoms with E-state index >= 15 is 0 Å². The van der Waals surface area contributed by atoms with Crippen LogP contribution < -0.4 is 10.5 Å². The lowest BCUT2D eigenvalue weighted by molar-refractivity contribution is -0.119. The molecule has 2 N–H and O–H groups in total. The van der Waals surface area contributed by atoms with Gasteiger partial charge < -0.3 is 10.5 Å². The third-order valence-corrected chi connectivity index (χ3v) is 3.82. The molecule has 1 atom stereocenters. The lowest BCUT2D eigenvalue weighted by atomic mass is 10.0. The zero-order valence-corrected chi connectivity index (χ0v) is 12.9. The summed E-state index contributed by atoms with van der Waals surface area (Å²) in [6.07, 6.45) is 3.61. The van der Waals surface area contributed by atoms with E-state index in [4.69, 9.17) is 10.5 Å². The second-order valence-electron chi connectivity index (χ2n) is 4.53. The Kier molecular flexibility index (Phi) is 4.57. The molecule has 0 aliphatic rings. The van der Waals surface area contributed by atoms with Gasteiger partial charge in [0.1, 0.15) is 5.75 Å². The van der Waals surface area contributed by atoms with Crippen LogP contribution in [0.1, 0.15) is 17.2 Å². The van der Waals surface area contributed by atoms with Gasteiger partial charge in [-0.25, -0.2) is 0 Å². The van der Waals surface area contributed by atoms with Crippen molar-refractivity contribution in [3.63, 3.8) is 0 Å². The molecule has 2 rings (SSSR count). The maximum atomic E-state index is 12.3. The van der Waals surface area contributed by atoms with Crippen molar-refractivity contribution < 1.29 is 9.53 Å². The second kappa shape index (κ2) is 6.19. The number of ether oxygens (including phenoxy) is 1. The zero-order valence-electron chi connectivity index (χ0n) is 11.3. The topological polar surface area (TPSA) is 70.1 Å². The van der Waals surface area contributed by atoms with E-state index in [1.165, 1.54) is 0 Å². The Morgan fingerprint density at radius 1 is 1.55 bits per heavy atom. The van der Waals surface area contributed by atoms with E-state index in [1.54, 1.807) is 31.2 Å². The van der Waals surface area contributed by atoms with E-state index in [1.807, 2.05) is 18.2 Å².